The maximum atomic E-state index is 12.6. The van der Waals surface area contributed by atoms with Gasteiger partial charge in [0.15, 0.2) is 0 Å². The third-order valence-electron chi connectivity index (χ3n) is 4.38. The van der Waals surface area contributed by atoms with Gasteiger partial charge in [-0.25, -0.2) is 4.79 Å². The summed E-state index contributed by atoms with van der Waals surface area (Å²) in [5.74, 6) is -0.688. The number of hydrogen-bond donors (Lipinski definition) is 2. The normalized spacial score (nSPS) is 13.0. The number of carbonyl (C=O) groups excluding carboxylic acids is 1. The first-order valence-electron chi connectivity index (χ1n) is 7.50. The number of nitrogens with two attached hydrogens (primary N) is 1. The zero-order valence-corrected chi connectivity index (χ0v) is 14.9. The second-order valence-corrected chi connectivity index (χ2v) is 6.55. The topological polar surface area (TPSA) is 94.5 Å². The highest BCUT2D eigenvalue weighted by Gasteiger charge is 2.29. The summed E-state index contributed by atoms with van der Waals surface area (Å²) < 4.78 is 6.80. The van der Waals surface area contributed by atoms with Gasteiger partial charge in [0, 0.05) is 23.4 Å². The summed E-state index contributed by atoms with van der Waals surface area (Å²) in [5, 5.41) is 10.1. The van der Waals surface area contributed by atoms with Gasteiger partial charge in [0.2, 0.25) is 0 Å². The minimum absolute atomic E-state index is 0.0672. The van der Waals surface area contributed by atoms with E-state index in [0.717, 1.165) is 17.7 Å². The lowest BCUT2D eigenvalue weighted by Crippen LogP contribution is -2.29. The molecular weight excluding hydrogens is 376 g/mol. The molecule has 0 saturated heterocycles. The Hall–Kier alpha value is -2.28. The van der Waals surface area contributed by atoms with Gasteiger partial charge in [0.05, 0.1) is 17.3 Å². The van der Waals surface area contributed by atoms with Crippen LogP contribution in [0, 0.1) is 6.92 Å². The fourth-order valence-corrected chi connectivity index (χ4v) is 3.88. The number of hydrogen-bond acceptors (Lipinski definition) is 5. The van der Waals surface area contributed by atoms with E-state index >= 15 is 0 Å². The Balaban J connectivity index is 2.47. The summed E-state index contributed by atoms with van der Waals surface area (Å²) >= 11 is 3.40. The Kier molecular flexibility index (Phi) is 4.13. The second kappa shape index (κ2) is 5.98. The van der Waals surface area contributed by atoms with Gasteiger partial charge >= 0.3 is 5.97 Å². The van der Waals surface area contributed by atoms with E-state index in [9.17, 15) is 14.7 Å². The molecule has 0 aliphatic carbocycles. The number of phenols is 1. The molecule has 0 saturated carbocycles. The number of benzene rings is 1. The van der Waals surface area contributed by atoms with Gasteiger partial charge in [-0.3, -0.25) is 4.79 Å². The molecule has 0 spiro atoms. The molecule has 24 heavy (non-hydrogen) atoms. The highest BCUT2D eigenvalue weighted by Crippen LogP contribution is 2.43. The predicted octanol–water partition coefficient (Wildman–Crippen LogP) is 2.61. The number of nitrogen functional groups attached to an aromatic ring is 1. The Labute approximate surface area is 147 Å². The lowest BCUT2D eigenvalue weighted by molar-refractivity contribution is 0.0599. The van der Waals surface area contributed by atoms with Crippen LogP contribution in [-0.4, -0.2) is 22.8 Å². The smallest absolute Gasteiger partial charge is 0.345 e. The van der Waals surface area contributed by atoms with Gasteiger partial charge in [-0.1, -0.05) is 6.07 Å². The zero-order valence-electron chi connectivity index (χ0n) is 13.4. The fourth-order valence-electron chi connectivity index (χ4n) is 3.24. The number of ether oxygens (including phenoxy) is 1. The molecule has 1 aliphatic rings. The summed E-state index contributed by atoms with van der Waals surface area (Å²) in [5.41, 5.74) is 8.68. The lowest BCUT2D eigenvalue weighted by Gasteiger charge is -2.19. The number of esters is 1. The number of rotatable bonds is 2. The van der Waals surface area contributed by atoms with E-state index in [1.54, 1.807) is 16.7 Å². The van der Waals surface area contributed by atoms with Crippen LogP contribution in [-0.2, 0) is 17.7 Å². The van der Waals surface area contributed by atoms with E-state index in [-0.39, 0.29) is 17.0 Å². The number of nitrogens with zero attached hydrogens (tertiary/aromatic N) is 1. The molecule has 0 bridgehead atoms. The first-order valence-corrected chi connectivity index (χ1v) is 8.29. The van der Waals surface area contributed by atoms with E-state index in [2.05, 4.69) is 15.9 Å². The number of methoxy groups -OCH3 is 1. The Bertz CT molecular complexity index is 918. The van der Waals surface area contributed by atoms with Crippen molar-refractivity contribution >= 4 is 27.6 Å². The zero-order chi connectivity index (χ0) is 17.6. The number of aromatic nitrogens is 1. The van der Waals surface area contributed by atoms with Crippen molar-refractivity contribution in [2.24, 2.45) is 0 Å². The van der Waals surface area contributed by atoms with E-state index in [1.807, 2.05) is 6.92 Å². The Morgan fingerprint density at radius 2 is 2.08 bits per heavy atom. The monoisotopic (exact) mass is 392 g/mol. The molecule has 0 fully saturated rings. The molecule has 1 aliphatic heterocycles. The van der Waals surface area contributed by atoms with E-state index < -0.39 is 11.5 Å². The van der Waals surface area contributed by atoms with Gasteiger partial charge in [0.1, 0.15) is 11.3 Å². The number of aromatic hydroxyl groups is 1. The molecule has 6 nitrogen and oxygen atoms in total. The number of anilines is 1. The molecule has 3 rings (SSSR count). The standard InChI is InChI=1S/C17H17BrN2O4/c1-8-5-6-10(21)14(18)11(8)12-9-4-3-7-20(9)16(22)13(15(12)19)17(23)24-2/h5-6,21H,3-4,7,19H2,1-2H3. The molecule has 1 aromatic carbocycles. The predicted molar refractivity (Wildman–Crippen MR) is 94.3 cm³/mol. The van der Waals surface area contributed by atoms with E-state index in [4.69, 9.17) is 10.5 Å². The minimum Gasteiger partial charge on any atom is -0.507 e. The minimum atomic E-state index is -0.755. The van der Waals surface area contributed by atoms with Crippen LogP contribution in [0.3, 0.4) is 0 Å². The molecule has 0 unspecified atom stereocenters. The molecule has 0 radical (unpaired) electrons. The first-order chi connectivity index (χ1) is 11.4. The highest BCUT2D eigenvalue weighted by atomic mass is 79.9. The van der Waals surface area contributed by atoms with Gasteiger partial charge in [-0.05, 0) is 47.3 Å². The molecule has 126 valence electrons. The van der Waals surface area contributed by atoms with Crippen molar-refractivity contribution in [2.45, 2.75) is 26.3 Å². The number of carbonyl (C=O) groups is 1. The van der Waals surface area contributed by atoms with Crippen molar-refractivity contribution in [3.05, 3.63) is 43.8 Å². The molecular formula is C17H17BrN2O4. The van der Waals surface area contributed by atoms with Crippen molar-refractivity contribution in [1.82, 2.24) is 4.57 Å². The van der Waals surface area contributed by atoms with Crippen LogP contribution in [0.5, 0.6) is 5.75 Å². The van der Waals surface area contributed by atoms with Crippen LogP contribution in [0.15, 0.2) is 21.4 Å². The van der Waals surface area contributed by atoms with E-state index in [1.165, 1.54) is 7.11 Å². The van der Waals surface area contributed by atoms with Crippen LogP contribution in [0.4, 0.5) is 5.69 Å². The fraction of sp³-hybridized carbons (Fsp3) is 0.294. The largest absolute Gasteiger partial charge is 0.507 e. The van der Waals surface area contributed by atoms with Gasteiger partial charge in [-0.2, -0.15) is 0 Å². The highest BCUT2D eigenvalue weighted by molar-refractivity contribution is 9.10. The maximum Gasteiger partial charge on any atom is 0.345 e. The summed E-state index contributed by atoms with van der Waals surface area (Å²) in [7, 11) is 1.22. The third-order valence-corrected chi connectivity index (χ3v) is 5.18. The van der Waals surface area contributed by atoms with Crippen molar-refractivity contribution in [3.63, 3.8) is 0 Å². The molecule has 0 amide bonds. The Morgan fingerprint density at radius 3 is 2.75 bits per heavy atom. The van der Waals surface area contributed by atoms with Crippen LogP contribution >= 0.6 is 15.9 Å². The quantitative estimate of drug-likeness (QED) is 0.765. The number of halogens is 1. The van der Waals surface area contributed by atoms with Crippen LogP contribution in [0.2, 0.25) is 0 Å². The number of pyridine rings is 1. The summed E-state index contributed by atoms with van der Waals surface area (Å²) in [6.07, 6.45) is 1.47. The molecule has 1 aromatic heterocycles. The summed E-state index contributed by atoms with van der Waals surface area (Å²) in [4.78, 5) is 24.7. The molecule has 7 heteroatoms. The number of aryl methyl sites for hydroxylation is 1. The third kappa shape index (κ3) is 2.31. The first kappa shape index (κ1) is 16.6. The van der Waals surface area contributed by atoms with E-state index in [0.29, 0.717) is 28.6 Å². The molecule has 2 aromatic rings. The average molecular weight is 393 g/mol. The van der Waals surface area contributed by atoms with Crippen molar-refractivity contribution in [2.75, 3.05) is 12.8 Å². The lowest BCUT2D eigenvalue weighted by atomic mass is 9.94. The summed E-state index contributed by atoms with van der Waals surface area (Å²) in [6, 6.07) is 3.35. The van der Waals surface area contributed by atoms with Crippen LogP contribution < -0.4 is 11.3 Å². The van der Waals surface area contributed by atoms with Crippen molar-refractivity contribution in [1.29, 1.82) is 0 Å². The van der Waals surface area contributed by atoms with Crippen LogP contribution in [0.1, 0.15) is 28.0 Å². The average Bonchev–Trinajstić information content (AvgIpc) is 3.03. The summed E-state index contributed by atoms with van der Waals surface area (Å²) in [6.45, 7) is 2.41. The SMILES string of the molecule is COC(=O)c1c(N)c(-c2c(C)ccc(O)c2Br)c2n(c1=O)CCC2. The molecule has 0 atom stereocenters. The molecule has 2 heterocycles. The second-order valence-electron chi connectivity index (χ2n) is 5.75. The number of fused-ring (bicyclic) bond motifs is 1. The number of phenolic OH excluding ortho intramolecular Hbond substituents is 1. The maximum absolute atomic E-state index is 12.6. The van der Waals surface area contributed by atoms with Gasteiger partial charge in [0.25, 0.3) is 5.56 Å². The molecule has 3 N–H and O–H groups in total. The van der Waals surface area contributed by atoms with Gasteiger partial charge < -0.3 is 20.1 Å². The van der Waals surface area contributed by atoms with Crippen LogP contribution in [0.25, 0.3) is 11.1 Å². The Morgan fingerprint density at radius 1 is 1.38 bits per heavy atom. The van der Waals surface area contributed by atoms with Gasteiger partial charge in [-0.15, -0.1) is 0 Å². The van der Waals surface area contributed by atoms with Crippen molar-refractivity contribution in [3.8, 4) is 16.9 Å². The van der Waals surface area contributed by atoms with Crippen molar-refractivity contribution < 1.29 is 14.6 Å².